The zero-order chi connectivity index (χ0) is 29.0. The average Bonchev–Trinajstić information content (AvgIpc) is 3.18. The quantitative estimate of drug-likeness (QED) is 0.224. The van der Waals surface area contributed by atoms with E-state index in [4.69, 9.17) is 4.74 Å². The number of hydrazone groups is 1. The van der Waals surface area contributed by atoms with Crippen LogP contribution in [0.5, 0.6) is 5.75 Å². The average molecular weight is 592 g/mol. The number of benzene rings is 3. The van der Waals surface area contributed by atoms with E-state index in [0.717, 1.165) is 27.1 Å². The molecule has 2 heterocycles. The molecule has 5 rings (SSSR count). The second-order valence-electron chi connectivity index (χ2n) is 9.37. The highest BCUT2D eigenvalue weighted by Crippen LogP contribution is 2.26. The highest BCUT2D eigenvalue weighted by atomic mass is 32.2. The van der Waals surface area contributed by atoms with Crippen molar-refractivity contribution < 1.29 is 17.9 Å². The van der Waals surface area contributed by atoms with Crippen molar-refractivity contribution in [3.63, 3.8) is 0 Å². The topological polar surface area (TPSA) is 115 Å². The third-order valence-corrected chi connectivity index (χ3v) is 9.56. The van der Waals surface area contributed by atoms with Crippen LogP contribution in [0, 0.1) is 6.92 Å². The molecule has 1 aliphatic heterocycles. The summed E-state index contributed by atoms with van der Waals surface area (Å²) in [7, 11) is -2.63. The molecule has 0 spiro atoms. The Morgan fingerprint density at radius 2 is 1.68 bits per heavy atom. The summed E-state index contributed by atoms with van der Waals surface area (Å²) in [6.07, 6.45) is 1.69. The van der Waals surface area contributed by atoms with Gasteiger partial charge in [-0.3, -0.25) is 14.3 Å². The van der Waals surface area contributed by atoms with Crippen LogP contribution in [0.15, 0.2) is 99.7 Å². The number of nitrogens with one attached hydrogen (secondary N) is 1. The van der Waals surface area contributed by atoms with Gasteiger partial charge in [0.25, 0.3) is 21.5 Å². The third kappa shape index (κ3) is 6.08. The molecule has 1 saturated heterocycles. The Labute approximate surface area is 242 Å². The van der Waals surface area contributed by atoms with Gasteiger partial charge in [-0.1, -0.05) is 36.4 Å². The third-order valence-electron chi connectivity index (χ3n) is 6.58. The van der Waals surface area contributed by atoms with Gasteiger partial charge in [-0.15, -0.1) is 0 Å². The van der Waals surface area contributed by atoms with Gasteiger partial charge in [0.15, 0.2) is 0 Å². The summed E-state index contributed by atoms with van der Waals surface area (Å²) in [6, 6.07) is 23.8. The van der Waals surface area contributed by atoms with Crippen molar-refractivity contribution in [1.29, 1.82) is 0 Å². The lowest BCUT2D eigenvalue weighted by Gasteiger charge is -2.25. The minimum absolute atomic E-state index is 0.0481. The summed E-state index contributed by atoms with van der Waals surface area (Å²) in [4.78, 5) is 26.7. The summed E-state index contributed by atoms with van der Waals surface area (Å²) in [5, 5.41) is 4.00. The number of hydrogen-bond acceptors (Lipinski definition) is 7. The van der Waals surface area contributed by atoms with E-state index in [0.29, 0.717) is 11.4 Å². The molecule has 41 heavy (non-hydrogen) atoms. The Morgan fingerprint density at radius 3 is 2.29 bits per heavy atom. The zero-order valence-corrected chi connectivity index (χ0v) is 24.1. The first kappa shape index (κ1) is 28.2. The number of anilines is 1. The fraction of sp³-hybridized carbons (Fsp3) is 0.207. The Hall–Kier alpha value is -4.29. The molecule has 0 radical (unpaired) electrons. The molecule has 3 aromatic carbocycles. The number of carbonyl (C=O) groups excluding carboxylic acids is 1. The van der Waals surface area contributed by atoms with Crippen molar-refractivity contribution in [2.75, 3.05) is 22.4 Å². The molecule has 0 aliphatic carbocycles. The van der Waals surface area contributed by atoms with Crippen LogP contribution in [0.25, 0.3) is 5.69 Å². The van der Waals surface area contributed by atoms with Gasteiger partial charge in [0.1, 0.15) is 24.1 Å². The summed E-state index contributed by atoms with van der Waals surface area (Å²) in [6.45, 7) is 0.979. The van der Waals surface area contributed by atoms with Crippen LogP contribution in [0.3, 0.4) is 0 Å². The van der Waals surface area contributed by atoms with Crippen LogP contribution < -0.4 is 20.0 Å². The number of rotatable bonds is 10. The predicted molar refractivity (Wildman–Crippen MR) is 161 cm³/mol. The van der Waals surface area contributed by atoms with E-state index in [1.165, 1.54) is 23.0 Å². The van der Waals surface area contributed by atoms with E-state index < -0.39 is 28.0 Å². The fourth-order valence-electron chi connectivity index (χ4n) is 4.30. The smallest absolute Gasteiger partial charge is 0.296 e. The first-order valence-electron chi connectivity index (χ1n) is 12.8. The highest BCUT2D eigenvalue weighted by molar-refractivity contribution is 8.00. The number of thioether (sulfide) groups is 1. The van der Waals surface area contributed by atoms with E-state index in [-0.39, 0.29) is 16.7 Å². The maximum atomic E-state index is 13.8. The number of nitrogens with zero attached hydrogens (tertiary/aromatic N) is 4. The summed E-state index contributed by atoms with van der Waals surface area (Å²) >= 11 is 1.84. The van der Waals surface area contributed by atoms with E-state index in [1.54, 1.807) is 61.1 Å². The normalized spacial score (nSPS) is 13.6. The van der Waals surface area contributed by atoms with Gasteiger partial charge in [-0.05, 0) is 61.0 Å². The molecular weight excluding hydrogens is 562 g/mol. The van der Waals surface area contributed by atoms with Crippen molar-refractivity contribution in [1.82, 2.24) is 14.8 Å². The number of hydrogen-bond donors (Lipinski definition) is 1. The van der Waals surface area contributed by atoms with E-state index >= 15 is 0 Å². The Bertz CT molecular complexity index is 1710. The van der Waals surface area contributed by atoms with Crippen molar-refractivity contribution in [3.05, 3.63) is 107 Å². The van der Waals surface area contributed by atoms with Gasteiger partial charge in [0.2, 0.25) is 0 Å². The first-order chi connectivity index (χ1) is 19.8. The number of sulfonamides is 1. The van der Waals surface area contributed by atoms with Crippen molar-refractivity contribution in [2.24, 2.45) is 12.1 Å². The lowest BCUT2D eigenvalue weighted by Crippen LogP contribution is -2.42. The Balaban J connectivity index is 1.41. The van der Waals surface area contributed by atoms with Gasteiger partial charge in [-0.25, -0.2) is 22.8 Å². The van der Waals surface area contributed by atoms with Crippen LogP contribution in [0.1, 0.15) is 11.3 Å². The molecule has 12 heteroatoms. The van der Waals surface area contributed by atoms with Gasteiger partial charge < -0.3 is 4.74 Å². The van der Waals surface area contributed by atoms with Crippen LogP contribution in [-0.4, -0.2) is 54.1 Å². The van der Waals surface area contributed by atoms with Crippen molar-refractivity contribution >= 4 is 39.6 Å². The monoisotopic (exact) mass is 591 g/mol. The molecule has 0 unspecified atom stereocenters. The van der Waals surface area contributed by atoms with Gasteiger partial charge >= 0.3 is 0 Å². The molecule has 1 fully saturated rings. The van der Waals surface area contributed by atoms with Crippen LogP contribution in [0.4, 0.5) is 5.69 Å². The minimum Gasteiger partial charge on any atom is -0.489 e. The van der Waals surface area contributed by atoms with Gasteiger partial charge in [0, 0.05) is 18.6 Å². The summed E-state index contributed by atoms with van der Waals surface area (Å²) in [5.74, 6) is 2.01. The fourth-order valence-corrected chi connectivity index (χ4v) is 6.35. The lowest BCUT2D eigenvalue weighted by molar-refractivity contribution is -0.119. The largest absolute Gasteiger partial charge is 0.489 e. The molecule has 1 aromatic heterocycles. The first-order valence-corrected chi connectivity index (χ1v) is 15.4. The number of para-hydroxylation sites is 1. The van der Waals surface area contributed by atoms with Crippen LogP contribution in [0.2, 0.25) is 0 Å². The Kier molecular flexibility index (Phi) is 8.31. The number of carbonyl (C=O) groups is 1. The van der Waals surface area contributed by atoms with E-state index in [9.17, 15) is 18.0 Å². The molecule has 4 aromatic rings. The zero-order valence-electron chi connectivity index (χ0n) is 22.5. The second kappa shape index (κ2) is 12.1. The highest BCUT2D eigenvalue weighted by Gasteiger charge is 2.33. The molecule has 0 bridgehead atoms. The summed E-state index contributed by atoms with van der Waals surface area (Å²) in [5.41, 5.74) is 3.34. The molecular formula is C29H29N5O5S2. The van der Waals surface area contributed by atoms with Crippen LogP contribution >= 0.6 is 11.8 Å². The van der Waals surface area contributed by atoms with Crippen molar-refractivity contribution in [3.8, 4) is 11.4 Å². The molecule has 1 N–H and O–H groups in total. The molecule has 0 atom stereocenters. The number of amides is 1. The van der Waals surface area contributed by atoms with Crippen molar-refractivity contribution in [2.45, 2.75) is 17.9 Å². The minimum atomic E-state index is -4.29. The summed E-state index contributed by atoms with van der Waals surface area (Å²) < 4.78 is 37.2. The standard InChI is InChI=1S/C29H29N5O5S2/c1-21-28(29(36)34(32(21)2)23-9-5-3-6-10-23)33(41(37,38)26-11-7-4-8-12-26)18-27(35)31-30-17-22-13-15-24(16-14-22)39-25-19-40-20-25/h3-17,25H,18-20H2,1-2H3,(H,31,35)/b30-17-. The molecule has 10 nitrogen and oxygen atoms in total. The van der Waals surface area contributed by atoms with Crippen LogP contribution in [-0.2, 0) is 21.9 Å². The number of ether oxygens (including phenoxy) is 1. The van der Waals surface area contributed by atoms with Gasteiger partial charge in [0.05, 0.1) is 22.5 Å². The second-order valence-corrected chi connectivity index (χ2v) is 12.3. The molecule has 1 amide bonds. The Morgan fingerprint density at radius 1 is 1.05 bits per heavy atom. The van der Waals surface area contributed by atoms with E-state index in [2.05, 4.69) is 10.5 Å². The lowest BCUT2D eigenvalue weighted by atomic mass is 10.2. The van der Waals surface area contributed by atoms with Gasteiger partial charge in [-0.2, -0.15) is 16.9 Å². The number of aromatic nitrogens is 2. The molecule has 1 aliphatic rings. The SMILES string of the molecule is Cc1c(N(CC(=O)N/N=C\c2ccc(OC3CSC3)cc2)S(=O)(=O)c2ccccc2)c(=O)n(-c2ccccc2)n1C. The predicted octanol–water partition coefficient (Wildman–Crippen LogP) is 3.32. The molecule has 0 saturated carbocycles. The molecule has 212 valence electrons. The maximum absolute atomic E-state index is 13.8. The maximum Gasteiger partial charge on any atom is 0.296 e. The van der Waals surface area contributed by atoms with E-state index in [1.807, 2.05) is 42.1 Å².